The first kappa shape index (κ1) is 30.2. The van der Waals surface area contributed by atoms with Crippen molar-refractivity contribution in [2.24, 2.45) is 22.7 Å². The average molecular weight is 573 g/mol. The molecule has 1 aromatic rings. The Morgan fingerprint density at radius 2 is 1.74 bits per heavy atom. The molecule has 0 saturated heterocycles. The molecule has 6 heteroatoms. The third-order valence-corrected chi connectivity index (χ3v) is 11.6. The number of Topliss-reactive ketones (excluding diaryl/α,β-unsaturated/α-hetero) is 3. The number of carbonyl (C=O) groups excluding carboxylic acids is 3. The summed E-state index contributed by atoms with van der Waals surface area (Å²) in [6.07, 6.45) is 2.93. The molecule has 0 aliphatic heterocycles. The number of phenolic OH excluding ortho intramolecular Hbond substituents is 1. The van der Waals surface area contributed by atoms with Crippen molar-refractivity contribution in [1.82, 2.24) is 0 Å². The third kappa shape index (κ3) is 3.63. The molecule has 0 aromatic heterocycles. The summed E-state index contributed by atoms with van der Waals surface area (Å²) >= 11 is 0. The molecule has 1 aromatic carbocycles. The first-order chi connectivity index (χ1) is 19.5. The van der Waals surface area contributed by atoms with Gasteiger partial charge in [-0.25, -0.2) is 0 Å². The van der Waals surface area contributed by atoms with Crippen molar-refractivity contribution in [2.45, 2.75) is 98.0 Å². The molecule has 0 radical (unpaired) electrons. The van der Waals surface area contributed by atoms with Crippen LogP contribution in [-0.4, -0.2) is 38.3 Å². The van der Waals surface area contributed by atoms with Gasteiger partial charge in [0, 0.05) is 27.9 Å². The molecular weight excluding hydrogens is 528 g/mol. The Kier molecular flexibility index (Phi) is 6.93. The summed E-state index contributed by atoms with van der Waals surface area (Å²) in [5.41, 5.74) is -1.04. The Morgan fingerprint density at radius 1 is 1.12 bits per heavy atom. The van der Waals surface area contributed by atoms with E-state index < -0.39 is 45.5 Å². The zero-order valence-electron chi connectivity index (χ0n) is 26.0. The maximum Gasteiger partial charge on any atom is 0.206 e. The van der Waals surface area contributed by atoms with Gasteiger partial charge in [0.2, 0.25) is 5.78 Å². The maximum absolute atomic E-state index is 14.6. The van der Waals surface area contributed by atoms with Crippen molar-refractivity contribution in [3.63, 3.8) is 0 Å². The summed E-state index contributed by atoms with van der Waals surface area (Å²) in [7, 11) is 0. The highest BCUT2D eigenvalue weighted by Gasteiger charge is 2.72. The van der Waals surface area contributed by atoms with Gasteiger partial charge in [-0.1, -0.05) is 76.6 Å². The lowest BCUT2D eigenvalue weighted by Crippen LogP contribution is -2.68. The summed E-state index contributed by atoms with van der Waals surface area (Å²) < 4.78 is 0. The van der Waals surface area contributed by atoms with Gasteiger partial charge in [-0.15, -0.1) is 0 Å². The average Bonchev–Trinajstić information content (AvgIpc) is 3.24. The van der Waals surface area contributed by atoms with Crippen molar-refractivity contribution in [3.05, 3.63) is 75.6 Å². The van der Waals surface area contributed by atoms with Crippen LogP contribution in [0, 0.1) is 22.7 Å². The van der Waals surface area contributed by atoms with Gasteiger partial charge in [0.25, 0.3) is 0 Å². The number of aromatic hydroxyl groups is 1. The fraction of sp³-hybridized carbons (Fsp3) is 0.528. The highest BCUT2D eigenvalue weighted by molar-refractivity contribution is 6.25. The summed E-state index contributed by atoms with van der Waals surface area (Å²) in [5.74, 6) is -3.32. The number of rotatable bonds is 5. The second-order valence-electron chi connectivity index (χ2n) is 14.0. The zero-order valence-corrected chi connectivity index (χ0v) is 26.0. The Balaban J connectivity index is 1.83. The van der Waals surface area contributed by atoms with Gasteiger partial charge < -0.3 is 15.3 Å². The Hall–Kier alpha value is -3.25. The lowest BCUT2D eigenvalue weighted by Gasteiger charge is -2.63. The Bertz CT molecular complexity index is 1540. The van der Waals surface area contributed by atoms with Crippen LogP contribution in [-0.2, 0) is 9.59 Å². The fourth-order valence-electron chi connectivity index (χ4n) is 9.17. The number of phenols is 1. The Labute approximate surface area is 248 Å². The van der Waals surface area contributed by atoms with Crippen molar-refractivity contribution in [2.75, 3.05) is 0 Å². The highest BCUT2D eigenvalue weighted by atomic mass is 16.3. The van der Waals surface area contributed by atoms with E-state index in [1.54, 1.807) is 13.8 Å². The number of aliphatic hydroxyl groups is 2. The predicted octanol–water partition coefficient (Wildman–Crippen LogP) is 7.18. The van der Waals surface area contributed by atoms with Crippen LogP contribution in [0.2, 0.25) is 0 Å². The minimum atomic E-state index is -2.49. The number of hydrogen-bond donors (Lipinski definition) is 3. The molecule has 42 heavy (non-hydrogen) atoms. The monoisotopic (exact) mass is 572 g/mol. The number of fused-ring (bicyclic) bond motifs is 3. The van der Waals surface area contributed by atoms with Gasteiger partial charge in [-0.2, -0.15) is 0 Å². The molecule has 1 fully saturated rings. The molecule has 4 aliphatic rings. The van der Waals surface area contributed by atoms with Crippen LogP contribution in [0.15, 0.2) is 58.9 Å². The highest BCUT2D eigenvalue weighted by Crippen LogP contribution is 2.69. The van der Waals surface area contributed by atoms with Crippen LogP contribution >= 0.6 is 0 Å². The van der Waals surface area contributed by atoms with E-state index in [0.717, 1.165) is 24.0 Å². The van der Waals surface area contributed by atoms with Crippen LogP contribution in [0.4, 0.5) is 0 Å². The quantitative estimate of drug-likeness (QED) is 0.254. The molecular formula is C36H44O6. The fourth-order valence-corrected chi connectivity index (χ4v) is 9.17. The SMILES string of the molecule is C=C(CC)C[C@@H]1[C@]2(C)C(=C(O)[C@@]3(O)C(=O)C(C(C)=O)=C(C)C[C@@]13C)C(=O)c1c(ccc(C3CC(C)CC3=C)c1O)[C@H]2C. The van der Waals surface area contributed by atoms with E-state index in [1.165, 1.54) is 6.92 Å². The summed E-state index contributed by atoms with van der Waals surface area (Å²) in [6.45, 7) is 21.3. The van der Waals surface area contributed by atoms with Crippen molar-refractivity contribution < 1.29 is 29.7 Å². The molecule has 224 valence electrons. The smallest absolute Gasteiger partial charge is 0.206 e. The van der Waals surface area contributed by atoms with Crippen LogP contribution in [0.25, 0.3) is 0 Å². The largest absolute Gasteiger partial charge is 0.508 e. The van der Waals surface area contributed by atoms with E-state index in [1.807, 2.05) is 32.9 Å². The van der Waals surface area contributed by atoms with Gasteiger partial charge >= 0.3 is 0 Å². The third-order valence-electron chi connectivity index (χ3n) is 11.6. The minimum Gasteiger partial charge on any atom is -0.508 e. The molecule has 1 saturated carbocycles. The number of hydrogen-bond acceptors (Lipinski definition) is 6. The van der Waals surface area contributed by atoms with Gasteiger partial charge in [-0.05, 0) is 69.3 Å². The molecule has 0 bridgehead atoms. The van der Waals surface area contributed by atoms with E-state index in [0.29, 0.717) is 35.5 Å². The van der Waals surface area contributed by atoms with Crippen LogP contribution in [0.5, 0.6) is 5.75 Å². The molecule has 0 spiro atoms. The predicted molar refractivity (Wildman–Crippen MR) is 162 cm³/mol. The summed E-state index contributed by atoms with van der Waals surface area (Å²) in [6, 6.07) is 3.82. The van der Waals surface area contributed by atoms with Gasteiger partial charge in [-0.3, -0.25) is 14.4 Å². The van der Waals surface area contributed by atoms with E-state index in [2.05, 4.69) is 20.1 Å². The molecule has 5 rings (SSSR count). The number of ketones is 3. The van der Waals surface area contributed by atoms with Gasteiger partial charge in [0.05, 0.1) is 11.1 Å². The minimum absolute atomic E-state index is 0.0572. The van der Waals surface area contributed by atoms with Gasteiger partial charge in [0.1, 0.15) is 11.5 Å². The van der Waals surface area contributed by atoms with Crippen LogP contribution in [0.3, 0.4) is 0 Å². The molecule has 0 heterocycles. The number of carbonyl (C=O) groups is 3. The van der Waals surface area contributed by atoms with Crippen molar-refractivity contribution in [1.29, 1.82) is 0 Å². The standard InChI is InChI=1S/C36H44O6/c1-10-17(2)15-26-34(8)16-20(5)27(22(7)37)32(40)36(34,42)33(41)29-31(39)28-23(21(6)35(26,29)9)11-12-24(30(28)38)25-14-18(3)13-19(25)4/h11-12,18,21,25-26,38,41-42H,2,4,10,13-16H2,1,3,5-9H3/t18?,21-,25?,26+,34+,35-,36+/m1/s1. The van der Waals surface area contributed by atoms with E-state index in [9.17, 15) is 29.7 Å². The summed E-state index contributed by atoms with van der Waals surface area (Å²) in [4.78, 5) is 41.4. The van der Waals surface area contributed by atoms with Gasteiger partial charge in [0.15, 0.2) is 17.2 Å². The number of allylic oxidation sites excluding steroid dienone is 4. The van der Waals surface area contributed by atoms with Crippen LogP contribution < -0.4 is 0 Å². The maximum atomic E-state index is 14.6. The topological polar surface area (TPSA) is 112 Å². The van der Waals surface area contributed by atoms with Crippen molar-refractivity contribution >= 4 is 17.3 Å². The normalized spacial score (nSPS) is 36.1. The molecule has 2 unspecified atom stereocenters. The Morgan fingerprint density at radius 3 is 2.29 bits per heavy atom. The second kappa shape index (κ2) is 9.63. The van der Waals surface area contributed by atoms with Crippen molar-refractivity contribution in [3.8, 4) is 5.75 Å². The summed E-state index contributed by atoms with van der Waals surface area (Å²) in [5, 5.41) is 36.2. The first-order valence-corrected chi connectivity index (χ1v) is 15.1. The first-order valence-electron chi connectivity index (χ1n) is 15.1. The zero-order chi connectivity index (χ0) is 31.3. The second-order valence-corrected chi connectivity index (χ2v) is 14.0. The molecule has 6 nitrogen and oxygen atoms in total. The number of aliphatic hydroxyl groups excluding tert-OH is 1. The molecule has 0 amide bonds. The number of benzene rings is 1. The van der Waals surface area contributed by atoms with E-state index in [-0.39, 0.29) is 40.7 Å². The molecule has 4 aliphatic carbocycles. The molecule has 7 atom stereocenters. The van der Waals surface area contributed by atoms with Crippen LogP contribution in [0.1, 0.15) is 114 Å². The lowest BCUT2D eigenvalue weighted by atomic mass is 9.40. The lowest BCUT2D eigenvalue weighted by molar-refractivity contribution is -0.171. The molecule has 3 N–H and O–H groups in total. The van der Waals surface area contributed by atoms with E-state index in [4.69, 9.17) is 0 Å². The van der Waals surface area contributed by atoms with E-state index >= 15 is 0 Å².